The topological polar surface area (TPSA) is 109 Å². The van der Waals surface area contributed by atoms with Gasteiger partial charge in [0.15, 0.2) is 11.0 Å². The lowest BCUT2D eigenvalue weighted by atomic mass is 10.1. The molecule has 1 aromatic carbocycles. The first-order valence-corrected chi connectivity index (χ1v) is 7.30. The zero-order valence-corrected chi connectivity index (χ0v) is 12.6. The molecule has 0 atom stereocenters. The Kier molecular flexibility index (Phi) is 4.69. The summed E-state index contributed by atoms with van der Waals surface area (Å²) in [6.07, 6.45) is 0.827. The van der Waals surface area contributed by atoms with Crippen molar-refractivity contribution in [3.05, 3.63) is 39.8 Å². The lowest BCUT2D eigenvalue weighted by molar-refractivity contribution is 0.318. The summed E-state index contributed by atoms with van der Waals surface area (Å²) in [5, 5.41) is 18.9. The van der Waals surface area contributed by atoms with Crippen LogP contribution < -0.4 is 11.4 Å². The minimum Gasteiger partial charge on any atom is -0.409 e. The molecule has 0 saturated heterocycles. The molecule has 112 valence electrons. The molecule has 2 aromatic rings. The molecule has 21 heavy (non-hydrogen) atoms. The summed E-state index contributed by atoms with van der Waals surface area (Å²) in [6, 6.07) is 5.57. The van der Waals surface area contributed by atoms with E-state index in [0.717, 1.165) is 16.9 Å². The second kappa shape index (κ2) is 6.49. The minimum absolute atomic E-state index is 0.0254. The van der Waals surface area contributed by atoms with Gasteiger partial charge in [0.25, 0.3) is 0 Å². The predicted octanol–water partition coefficient (Wildman–Crippen LogP) is 1.54. The lowest BCUT2D eigenvalue weighted by Gasteiger charge is -2.09. The minimum atomic E-state index is -0.239. The molecule has 7 nitrogen and oxygen atoms in total. The molecule has 4 N–H and O–H groups in total. The maximum atomic E-state index is 11.7. The number of hydrogen-bond donors (Lipinski definition) is 3. The third kappa shape index (κ3) is 3.27. The Morgan fingerprint density at radius 2 is 2.33 bits per heavy atom. The number of benzene rings is 1. The number of H-pyrrole nitrogens is 1. The number of rotatable bonds is 5. The number of nitrogens with two attached hydrogens (primary N) is 1. The van der Waals surface area contributed by atoms with Gasteiger partial charge >= 0.3 is 5.69 Å². The van der Waals surface area contributed by atoms with Gasteiger partial charge in [-0.25, -0.2) is 9.89 Å². The quantitative estimate of drug-likeness (QED) is 0.336. The highest BCUT2D eigenvalue weighted by atomic mass is 32.2. The van der Waals surface area contributed by atoms with Gasteiger partial charge in [-0.3, -0.25) is 4.57 Å². The van der Waals surface area contributed by atoms with Crippen molar-refractivity contribution >= 4 is 17.6 Å². The predicted molar refractivity (Wildman–Crippen MR) is 81.0 cm³/mol. The van der Waals surface area contributed by atoms with Gasteiger partial charge in [0.2, 0.25) is 0 Å². The highest BCUT2D eigenvalue weighted by Gasteiger charge is 2.14. The van der Waals surface area contributed by atoms with Gasteiger partial charge in [-0.15, -0.1) is 5.10 Å². The molecule has 0 fully saturated rings. The average molecular weight is 307 g/mol. The molecule has 0 unspecified atom stereocenters. The van der Waals surface area contributed by atoms with Gasteiger partial charge in [0.1, 0.15) is 0 Å². The maximum Gasteiger partial charge on any atom is 0.343 e. The third-order valence-electron chi connectivity index (χ3n) is 2.89. The fourth-order valence-electron chi connectivity index (χ4n) is 1.88. The number of amidine groups is 1. The van der Waals surface area contributed by atoms with Crippen LogP contribution in [0.2, 0.25) is 0 Å². The highest BCUT2D eigenvalue weighted by Crippen LogP contribution is 2.29. The van der Waals surface area contributed by atoms with E-state index in [0.29, 0.717) is 17.3 Å². The van der Waals surface area contributed by atoms with E-state index in [1.54, 1.807) is 10.6 Å². The monoisotopic (exact) mass is 307 g/mol. The van der Waals surface area contributed by atoms with Crippen LogP contribution >= 0.6 is 11.8 Å². The fraction of sp³-hybridized carbons (Fsp3) is 0.308. The first kappa shape index (κ1) is 15.2. The smallest absolute Gasteiger partial charge is 0.343 e. The summed E-state index contributed by atoms with van der Waals surface area (Å²) in [4.78, 5) is 12.5. The number of oxime groups is 1. The molecular formula is C13H17N5O2S. The van der Waals surface area contributed by atoms with E-state index < -0.39 is 0 Å². The summed E-state index contributed by atoms with van der Waals surface area (Å²) in [7, 11) is 0. The van der Waals surface area contributed by atoms with E-state index >= 15 is 0 Å². The Morgan fingerprint density at radius 1 is 1.57 bits per heavy atom. The Morgan fingerprint density at radius 3 is 3.00 bits per heavy atom. The summed E-state index contributed by atoms with van der Waals surface area (Å²) in [6.45, 7) is 4.52. The van der Waals surface area contributed by atoms with Crippen LogP contribution in [0.3, 0.4) is 0 Å². The number of aromatic nitrogens is 3. The van der Waals surface area contributed by atoms with E-state index in [4.69, 9.17) is 10.9 Å². The van der Waals surface area contributed by atoms with E-state index in [1.807, 2.05) is 26.0 Å². The Labute approximate surface area is 125 Å². The normalized spacial score (nSPS) is 11.8. The molecule has 8 heteroatoms. The number of nitrogens with zero attached hydrogens (tertiary/aromatic N) is 3. The van der Waals surface area contributed by atoms with E-state index in [1.165, 1.54) is 11.8 Å². The number of aryl methyl sites for hydroxylation is 1. The van der Waals surface area contributed by atoms with Gasteiger partial charge in [-0.1, -0.05) is 18.1 Å². The van der Waals surface area contributed by atoms with Crippen molar-refractivity contribution in [3.8, 4) is 0 Å². The number of aromatic amines is 1. The highest BCUT2D eigenvalue weighted by molar-refractivity contribution is 7.99. The van der Waals surface area contributed by atoms with Gasteiger partial charge < -0.3 is 10.9 Å². The van der Waals surface area contributed by atoms with Crippen LogP contribution in [0.5, 0.6) is 0 Å². The average Bonchev–Trinajstić information content (AvgIpc) is 2.80. The van der Waals surface area contributed by atoms with Crippen molar-refractivity contribution < 1.29 is 5.21 Å². The lowest BCUT2D eigenvalue weighted by Crippen LogP contribution is -2.17. The van der Waals surface area contributed by atoms with E-state index in [9.17, 15) is 4.79 Å². The van der Waals surface area contributed by atoms with Crippen molar-refractivity contribution in [3.63, 3.8) is 0 Å². The van der Waals surface area contributed by atoms with Crippen molar-refractivity contribution in [2.24, 2.45) is 10.9 Å². The Hall–Kier alpha value is -2.22. The molecule has 0 spiro atoms. The van der Waals surface area contributed by atoms with Gasteiger partial charge in [0, 0.05) is 17.0 Å². The molecule has 0 radical (unpaired) electrons. The fourth-order valence-corrected chi connectivity index (χ4v) is 2.98. The van der Waals surface area contributed by atoms with Gasteiger partial charge in [0.05, 0.1) is 0 Å². The van der Waals surface area contributed by atoms with E-state index in [2.05, 4.69) is 15.4 Å². The second-order valence-corrected chi connectivity index (χ2v) is 5.56. The van der Waals surface area contributed by atoms with Crippen molar-refractivity contribution in [1.82, 2.24) is 14.8 Å². The molecule has 2 rings (SSSR count). The first-order valence-electron chi connectivity index (χ1n) is 6.48. The molecule has 1 aromatic heterocycles. The van der Waals surface area contributed by atoms with Crippen LogP contribution in [0.4, 0.5) is 0 Å². The maximum absolute atomic E-state index is 11.7. The Bertz CT molecular complexity index is 720. The first-order chi connectivity index (χ1) is 10.1. The van der Waals surface area contributed by atoms with Crippen LogP contribution in [-0.2, 0) is 6.54 Å². The second-order valence-electron chi connectivity index (χ2n) is 4.55. The molecule has 0 aliphatic rings. The standard InChI is InChI=1S/C13H17N5O2S/c1-3-6-18-12(19)15-16-13(18)21-10-7-8(2)4-5-9(10)11(14)17-20/h4-5,7,20H,3,6H2,1-2H3,(H2,14,17)(H,15,19). The zero-order chi connectivity index (χ0) is 15.4. The van der Waals surface area contributed by atoms with Crippen LogP contribution in [-0.4, -0.2) is 25.8 Å². The van der Waals surface area contributed by atoms with Crippen LogP contribution in [0.15, 0.2) is 38.2 Å². The zero-order valence-electron chi connectivity index (χ0n) is 11.8. The Balaban J connectivity index is 2.44. The summed E-state index contributed by atoms with van der Waals surface area (Å²) in [5.74, 6) is 0.0254. The molecule has 0 aliphatic heterocycles. The number of nitrogens with one attached hydrogen (secondary N) is 1. The molecule has 0 bridgehead atoms. The van der Waals surface area contributed by atoms with Crippen LogP contribution in [0.1, 0.15) is 24.5 Å². The molecule has 0 amide bonds. The van der Waals surface area contributed by atoms with Crippen LogP contribution in [0, 0.1) is 6.92 Å². The largest absolute Gasteiger partial charge is 0.409 e. The molecular weight excluding hydrogens is 290 g/mol. The third-order valence-corrected chi connectivity index (χ3v) is 3.94. The summed E-state index contributed by atoms with van der Waals surface area (Å²) >= 11 is 1.31. The summed E-state index contributed by atoms with van der Waals surface area (Å²) < 4.78 is 1.57. The van der Waals surface area contributed by atoms with Crippen molar-refractivity contribution in [1.29, 1.82) is 0 Å². The molecule has 1 heterocycles. The van der Waals surface area contributed by atoms with Gasteiger partial charge in [-0.2, -0.15) is 0 Å². The number of hydrogen-bond acceptors (Lipinski definition) is 5. The van der Waals surface area contributed by atoms with Crippen molar-refractivity contribution in [2.75, 3.05) is 0 Å². The SMILES string of the molecule is CCCn1c(Sc2cc(C)ccc2C(N)=NO)n[nH]c1=O. The van der Waals surface area contributed by atoms with Crippen LogP contribution in [0.25, 0.3) is 0 Å². The molecule has 0 saturated carbocycles. The van der Waals surface area contributed by atoms with Gasteiger partial charge in [-0.05, 0) is 42.8 Å². The van der Waals surface area contributed by atoms with E-state index in [-0.39, 0.29) is 11.5 Å². The van der Waals surface area contributed by atoms with Crippen molar-refractivity contribution in [2.45, 2.75) is 36.9 Å². The summed E-state index contributed by atoms with van der Waals surface area (Å²) in [5.41, 5.74) is 7.09. The molecule has 0 aliphatic carbocycles.